The van der Waals surface area contributed by atoms with E-state index in [9.17, 15) is 18.0 Å². The molecular formula is C18H18N2O5S. The highest BCUT2D eigenvalue weighted by Crippen LogP contribution is 2.31. The summed E-state index contributed by atoms with van der Waals surface area (Å²) in [4.78, 5) is 24.3. The topological polar surface area (TPSA) is 104 Å². The van der Waals surface area contributed by atoms with Crippen LogP contribution in [0, 0.1) is 6.92 Å². The van der Waals surface area contributed by atoms with Crippen LogP contribution in [0.1, 0.15) is 28.4 Å². The lowest BCUT2D eigenvalue weighted by Crippen LogP contribution is -2.25. The first-order chi connectivity index (χ1) is 12.2. The highest BCUT2D eigenvalue weighted by atomic mass is 32.2. The third kappa shape index (κ3) is 3.28. The number of sulfonamides is 1. The number of anilines is 2. The van der Waals surface area contributed by atoms with E-state index in [1.54, 1.807) is 30.0 Å². The summed E-state index contributed by atoms with van der Waals surface area (Å²) in [7, 11) is -3.94. The van der Waals surface area contributed by atoms with Crippen LogP contribution >= 0.6 is 0 Å². The van der Waals surface area contributed by atoms with Gasteiger partial charge in [-0.25, -0.2) is 13.2 Å². The van der Waals surface area contributed by atoms with E-state index >= 15 is 0 Å². The Labute approximate surface area is 151 Å². The molecule has 0 saturated heterocycles. The van der Waals surface area contributed by atoms with Crippen LogP contribution in [-0.2, 0) is 21.2 Å². The lowest BCUT2D eigenvalue weighted by molar-refractivity contribution is -0.116. The Morgan fingerprint density at radius 1 is 1.15 bits per heavy atom. The predicted octanol–water partition coefficient (Wildman–Crippen LogP) is 2.40. The average Bonchev–Trinajstić information content (AvgIpc) is 2.97. The molecule has 1 heterocycles. The zero-order valence-corrected chi connectivity index (χ0v) is 15.1. The van der Waals surface area contributed by atoms with Crippen molar-refractivity contribution >= 4 is 33.3 Å². The SMILES string of the molecule is CC(=O)N1CCc2cc(NS(=O)(=O)c3cc(C(=O)O)ccc3C)ccc21. The highest BCUT2D eigenvalue weighted by Gasteiger charge is 2.24. The standard InChI is InChI=1S/C18H18N2O5S/c1-11-3-4-14(18(22)23)10-17(11)26(24,25)19-15-5-6-16-13(9-15)7-8-20(16)12(2)21/h3-6,9-10,19H,7-8H2,1-2H3,(H,22,23). The third-order valence-electron chi connectivity index (χ3n) is 4.33. The third-order valence-corrected chi connectivity index (χ3v) is 5.86. The van der Waals surface area contributed by atoms with E-state index in [2.05, 4.69) is 4.72 Å². The van der Waals surface area contributed by atoms with Gasteiger partial charge in [-0.1, -0.05) is 6.07 Å². The number of fused-ring (bicyclic) bond motifs is 1. The Morgan fingerprint density at radius 3 is 2.54 bits per heavy atom. The van der Waals surface area contributed by atoms with E-state index in [0.717, 1.165) is 17.3 Å². The maximum atomic E-state index is 12.7. The van der Waals surface area contributed by atoms with Gasteiger partial charge in [0, 0.05) is 24.8 Å². The molecule has 1 aliphatic heterocycles. The Hall–Kier alpha value is -2.87. The minimum absolute atomic E-state index is 0.0572. The molecule has 3 rings (SSSR count). The molecule has 8 heteroatoms. The van der Waals surface area contributed by atoms with E-state index in [1.807, 2.05) is 0 Å². The van der Waals surface area contributed by atoms with E-state index < -0.39 is 16.0 Å². The van der Waals surface area contributed by atoms with Crippen molar-refractivity contribution in [1.82, 2.24) is 0 Å². The lowest BCUT2D eigenvalue weighted by Gasteiger charge is -2.15. The number of carboxylic acid groups (broad SMARTS) is 1. The molecule has 2 aromatic rings. The Morgan fingerprint density at radius 2 is 1.88 bits per heavy atom. The van der Waals surface area contributed by atoms with E-state index in [1.165, 1.54) is 19.1 Å². The summed E-state index contributed by atoms with van der Waals surface area (Å²) in [5, 5.41) is 9.08. The Balaban J connectivity index is 1.93. The molecule has 1 amide bonds. The average molecular weight is 374 g/mol. The second-order valence-electron chi connectivity index (χ2n) is 6.16. The summed E-state index contributed by atoms with van der Waals surface area (Å²) < 4.78 is 27.9. The number of amides is 1. The number of benzene rings is 2. The Kier molecular flexibility index (Phi) is 4.45. The summed E-state index contributed by atoms with van der Waals surface area (Å²) in [6, 6.07) is 8.97. The summed E-state index contributed by atoms with van der Waals surface area (Å²) in [6.07, 6.45) is 0.651. The van der Waals surface area contributed by atoms with Crippen molar-refractivity contribution in [2.45, 2.75) is 25.2 Å². The molecular weight excluding hydrogens is 356 g/mol. The molecule has 0 saturated carbocycles. The van der Waals surface area contributed by atoms with Crippen molar-refractivity contribution in [3.8, 4) is 0 Å². The van der Waals surface area contributed by atoms with Gasteiger partial charge in [-0.2, -0.15) is 0 Å². The first-order valence-electron chi connectivity index (χ1n) is 7.97. The Bertz CT molecular complexity index is 1010. The van der Waals surface area contributed by atoms with Gasteiger partial charge in [0.15, 0.2) is 0 Å². The van der Waals surface area contributed by atoms with Crippen molar-refractivity contribution in [3.05, 3.63) is 53.1 Å². The van der Waals surface area contributed by atoms with Crippen molar-refractivity contribution in [2.24, 2.45) is 0 Å². The van der Waals surface area contributed by atoms with Gasteiger partial charge in [-0.3, -0.25) is 9.52 Å². The maximum Gasteiger partial charge on any atom is 0.335 e. The number of aryl methyl sites for hydroxylation is 1. The van der Waals surface area contributed by atoms with Crippen LogP contribution in [0.15, 0.2) is 41.3 Å². The van der Waals surface area contributed by atoms with Crippen molar-refractivity contribution in [1.29, 1.82) is 0 Å². The van der Waals surface area contributed by atoms with E-state index in [-0.39, 0.29) is 16.4 Å². The van der Waals surface area contributed by atoms with Crippen LogP contribution in [0.3, 0.4) is 0 Å². The number of hydrogen-bond donors (Lipinski definition) is 2. The molecule has 0 unspecified atom stereocenters. The quantitative estimate of drug-likeness (QED) is 0.855. The molecule has 26 heavy (non-hydrogen) atoms. The minimum Gasteiger partial charge on any atom is -0.478 e. The highest BCUT2D eigenvalue weighted by molar-refractivity contribution is 7.92. The smallest absolute Gasteiger partial charge is 0.335 e. The van der Waals surface area contributed by atoms with Gasteiger partial charge in [-0.05, 0) is 54.8 Å². The van der Waals surface area contributed by atoms with Gasteiger partial charge in [0.05, 0.1) is 10.5 Å². The molecule has 1 aliphatic rings. The van der Waals surface area contributed by atoms with Crippen LogP contribution in [0.25, 0.3) is 0 Å². The second-order valence-corrected chi connectivity index (χ2v) is 7.81. The number of carbonyl (C=O) groups excluding carboxylic acids is 1. The molecule has 0 atom stereocenters. The zero-order valence-electron chi connectivity index (χ0n) is 14.3. The number of nitrogens with one attached hydrogen (secondary N) is 1. The molecule has 2 aromatic carbocycles. The molecule has 0 aliphatic carbocycles. The van der Waals surface area contributed by atoms with Crippen LogP contribution < -0.4 is 9.62 Å². The number of carboxylic acids is 1. The molecule has 136 valence electrons. The summed E-state index contributed by atoms with van der Waals surface area (Å²) in [6.45, 7) is 3.66. The molecule has 0 fully saturated rings. The fourth-order valence-corrected chi connectivity index (χ4v) is 4.35. The number of rotatable bonds is 4. The largest absolute Gasteiger partial charge is 0.478 e. The van der Waals surface area contributed by atoms with Crippen LogP contribution in [0.4, 0.5) is 11.4 Å². The van der Waals surface area contributed by atoms with Gasteiger partial charge < -0.3 is 10.0 Å². The summed E-state index contributed by atoms with van der Waals surface area (Å²) >= 11 is 0. The number of hydrogen-bond acceptors (Lipinski definition) is 4. The summed E-state index contributed by atoms with van der Waals surface area (Å²) in [5.41, 5.74) is 2.39. The van der Waals surface area contributed by atoms with Gasteiger partial charge in [-0.15, -0.1) is 0 Å². The molecule has 0 radical (unpaired) electrons. The summed E-state index contributed by atoms with van der Waals surface area (Å²) in [5.74, 6) is -1.25. The normalized spacial score (nSPS) is 13.4. The van der Waals surface area contributed by atoms with E-state index in [0.29, 0.717) is 24.2 Å². The fourth-order valence-electron chi connectivity index (χ4n) is 3.03. The molecule has 0 spiro atoms. The number of carbonyl (C=O) groups is 2. The van der Waals surface area contributed by atoms with Gasteiger partial charge in [0.1, 0.15) is 0 Å². The van der Waals surface area contributed by atoms with Crippen molar-refractivity contribution in [2.75, 3.05) is 16.2 Å². The molecule has 7 nitrogen and oxygen atoms in total. The van der Waals surface area contributed by atoms with Crippen LogP contribution in [0.2, 0.25) is 0 Å². The van der Waals surface area contributed by atoms with Crippen molar-refractivity contribution in [3.63, 3.8) is 0 Å². The second kappa shape index (κ2) is 6.45. The predicted molar refractivity (Wildman–Crippen MR) is 97.1 cm³/mol. The van der Waals surface area contributed by atoms with Gasteiger partial charge in [0.25, 0.3) is 10.0 Å². The van der Waals surface area contributed by atoms with Crippen molar-refractivity contribution < 1.29 is 23.1 Å². The molecule has 0 bridgehead atoms. The zero-order chi connectivity index (χ0) is 19.1. The van der Waals surface area contributed by atoms with Crippen LogP contribution in [0.5, 0.6) is 0 Å². The minimum atomic E-state index is -3.94. The fraction of sp³-hybridized carbons (Fsp3) is 0.222. The monoisotopic (exact) mass is 374 g/mol. The number of aromatic carboxylic acids is 1. The van der Waals surface area contributed by atoms with Crippen LogP contribution in [-0.4, -0.2) is 31.9 Å². The molecule has 2 N–H and O–H groups in total. The first-order valence-corrected chi connectivity index (χ1v) is 9.45. The van der Waals surface area contributed by atoms with Gasteiger partial charge >= 0.3 is 5.97 Å². The van der Waals surface area contributed by atoms with Gasteiger partial charge in [0.2, 0.25) is 5.91 Å². The molecule has 0 aromatic heterocycles. The first kappa shape index (κ1) is 17.9. The lowest BCUT2D eigenvalue weighted by atomic mass is 10.1. The number of nitrogens with zero attached hydrogens (tertiary/aromatic N) is 1. The van der Waals surface area contributed by atoms with E-state index in [4.69, 9.17) is 5.11 Å². The maximum absolute atomic E-state index is 12.7.